The molecule has 0 saturated heterocycles. The second kappa shape index (κ2) is 5.18. The average Bonchev–Trinajstić information content (AvgIpc) is 2.85. The standard InChI is InChI=1S/C16H16N2O3/c1-18-8-11-4-3-10(7-12(11)9-18)15-14(21-2)6-5-13(17-15)16(19)20/h3-7H,8-9H2,1-2H3,(H,19,20). The van der Waals surface area contributed by atoms with E-state index in [1.807, 2.05) is 6.07 Å². The smallest absolute Gasteiger partial charge is 0.354 e. The van der Waals surface area contributed by atoms with Crippen LogP contribution >= 0.6 is 0 Å². The fourth-order valence-electron chi connectivity index (χ4n) is 2.65. The third-order valence-electron chi connectivity index (χ3n) is 3.66. The lowest BCUT2D eigenvalue weighted by molar-refractivity contribution is 0.0690. The topological polar surface area (TPSA) is 62.7 Å². The Morgan fingerprint density at radius 3 is 2.71 bits per heavy atom. The number of rotatable bonds is 3. The molecule has 2 aromatic rings. The number of carbonyl (C=O) groups is 1. The molecule has 21 heavy (non-hydrogen) atoms. The summed E-state index contributed by atoms with van der Waals surface area (Å²) < 4.78 is 5.31. The first-order chi connectivity index (χ1) is 10.1. The zero-order valence-electron chi connectivity index (χ0n) is 12.0. The van der Waals surface area contributed by atoms with Crippen molar-refractivity contribution in [3.8, 4) is 17.0 Å². The van der Waals surface area contributed by atoms with Crippen molar-refractivity contribution in [2.75, 3.05) is 14.2 Å². The van der Waals surface area contributed by atoms with E-state index in [0.29, 0.717) is 11.4 Å². The Morgan fingerprint density at radius 1 is 1.24 bits per heavy atom. The molecule has 5 heteroatoms. The molecule has 0 radical (unpaired) electrons. The van der Waals surface area contributed by atoms with Crippen LogP contribution in [0.3, 0.4) is 0 Å². The normalized spacial score (nSPS) is 14.0. The van der Waals surface area contributed by atoms with Crippen molar-refractivity contribution in [3.05, 3.63) is 47.2 Å². The van der Waals surface area contributed by atoms with Crippen molar-refractivity contribution >= 4 is 5.97 Å². The Hall–Kier alpha value is -2.40. The number of aromatic nitrogens is 1. The zero-order valence-corrected chi connectivity index (χ0v) is 12.0. The number of methoxy groups -OCH3 is 1. The maximum atomic E-state index is 11.1. The first kappa shape index (κ1) is 13.6. The van der Waals surface area contributed by atoms with Gasteiger partial charge in [-0.3, -0.25) is 4.90 Å². The first-order valence-corrected chi connectivity index (χ1v) is 6.67. The number of benzene rings is 1. The van der Waals surface area contributed by atoms with E-state index in [2.05, 4.69) is 29.1 Å². The third-order valence-corrected chi connectivity index (χ3v) is 3.66. The number of hydrogen-bond acceptors (Lipinski definition) is 4. The molecule has 1 aromatic heterocycles. The Bertz CT molecular complexity index is 713. The maximum Gasteiger partial charge on any atom is 0.354 e. The van der Waals surface area contributed by atoms with Gasteiger partial charge in [-0.1, -0.05) is 12.1 Å². The molecule has 0 bridgehead atoms. The van der Waals surface area contributed by atoms with E-state index in [9.17, 15) is 4.79 Å². The van der Waals surface area contributed by atoms with Crippen LogP contribution in [0.5, 0.6) is 5.75 Å². The molecule has 0 amide bonds. The Kier molecular flexibility index (Phi) is 3.35. The highest BCUT2D eigenvalue weighted by Gasteiger charge is 2.18. The monoisotopic (exact) mass is 284 g/mol. The van der Waals surface area contributed by atoms with E-state index in [1.165, 1.54) is 17.2 Å². The molecular weight excluding hydrogens is 268 g/mol. The Morgan fingerprint density at radius 2 is 2.00 bits per heavy atom. The number of ether oxygens (including phenoxy) is 1. The molecule has 5 nitrogen and oxygen atoms in total. The summed E-state index contributed by atoms with van der Waals surface area (Å²) >= 11 is 0. The minimum atomic E-state index is -1.04. The number of fused-ring (bicyclic) bond motifs is 1. The molecule has 0 unspecified atom stereocenters. The van der Waals surface area contributed by atoms with Gasteiger partial charge in [-0.05, 0) is 36.4 Å². The highest BCUT2D eigenvalue weighted by atomic mass is 16.5. The minimum Gasteiger partial charge on any atom is -0.494 e. The summed E-state index contributed by atoms with van der Waals surface area (Å²) in [4.78, 5) is 17.6. The van der Waals surface area contributed by atoms with Gasteiger partial charge in [0.15, 0.2) is 0 Å². The van der Waals surface area contributed by atoms with E-state index in [1.54, 1.807) is 13.2 Å². The number of hydrogen-bond donors (Lipinski definition) is 1. The van der Waals surface area contributed by atoms with Crippen LogP contribution in [0.4, 0.5) is 0 Å². The fourth-order valence-corrected chi connectivity index (χ4v) is 2.65. The van der Waals surface area contributed by atoms with Crippen LogP contribution in [0.25, 0.3) is 11.3 Å². The Labute approximate surface area is 122 Å². The van der Waals surface area contributed by atoms with E-state index in [0.717, 1.165) is 18.7 Å². The van der Waals surface area contributed by atoms with Gasteiger partial charge in [0.25, 0.3) is 0 Å². The van der Waals surface area contributed by atoms with Gasteiger partial charge in [-0.15, -0.1) is 0 Å². The SMILES string of the molecule is COc1ccc(C(=O)O)nc1-c1ccc2c(c1)CN(C)C2. The van der Waals surface area contributed by atoms with Gasteiger partial charge >= 0.3 is 5.97 Å². The summed E-state index contributed by atoms with van der Waals surface area (Å²) in [5.41, 5.74) is 4.01. The first-order valence-electron chi connectivity index (χ1n) is 6.67. The van der Waals surface area contributed by atoms with E-state index in [-0.39, 0.29) is 5.69 Å². The van der Waals surface area contributed by atoms with E-state index in [4.69, 9.17) is 9.84 Å². The van der Waals surface area contributed by atoms with Gasteiger partial charge in [0.2, 0.25) is 0 Å². The van der Waals surface area contributed by atoms with Crippen LogP contribution in [0.2, 0.25) is 0 Å². The second-order valence-corrected chi connectivity index (χ2v) is 5.21. The lowest BCUT2D eigenvalue weighted by Crippen LogP contribution is -2.07. The lowest BCUT2D eigenvalue weighted by Gasteiger charge is -2.10. The van der Waals surface area contributed by atoms with Gasteiger partial charge in [-0.2, -0.15) is 0 Å². The quantitative estimate of drug-likeness (QED) is 0.937. The van der Waals surface area contributed by atoms with Gasteiger partial charge in [-0.25, -0.2) is 9.78 Å². The maximum absolute atomic E-state index is 11.1. The number of nitrogens with zero attached hydrogens (tertiary/aromatic N) is 2. The van der Waals surface area contributed by atoms with E-state index < -0.39 is 5.97 Å². The van der Waals surface area contributed by atoms with Crippen molar-refractivity contribution in [2.45, 2.75) is 13.1 Å². The van der Waals surface area contributed by atoms with Crippen molar-refractivity contribution in [1.29, 1.82) is 0 Å². The highest BCUT2D eigenvalue weighted by Crippen LogP contribution is 2.32. The predicted octanol–water partition coefficient (Wildman–Crippen LogP) is 2.40. The zero-order chi connectivity index (χ0) is 15.0. The summed E-state index contributed by atoms with van der Waals surface area (Å²) in [7, 11) is 3.63. The molecular formula is C16H16N2O3. The number of pyridine rings is 1. The summed E-state index contributed by atoms with van der Waals surface area (Å²) in [5.74, 6) is -0.467. The molecule has 0 spiro atoms. The molecule has 2 heterocycles. The molecule has 1 aromatic carbocycles. The Balaban J connectivity index is 2.09. The average molecular weight is 284 g/mol. The molecule has 1 N–H and O–H groups in total. The molecule has 108 valence electrons. The van der Waals surface area contributed by atoms with Gasteiger partial charge in [0, 0.05) is 18.7 Å². The van der Waals surface area contributed by atoms with E-state index >= 15 is 0 Å². The van der Waals surface area contributed by atoms with Crippen molar-refractivity contribution < 1.29 is 14.6 Å². The fraction of sp³-hybridized carbons (Fsp3) is 0.250. The van der Waals surface area contributed by atoms with Crippen molar-refractivity contribution in [1.82, 2.24) is 9.88 Å². The molecule has 0 fully saturated rings. The van der Waals surface area contributed by atoms with Gasteiger partial charge in [0.1, 0.15) is 17.1 Å². The van der Waals surface area contributed by atoms with Crippen molar-refractivity contribution in [2.24, 2.45) is 0 Å². The van der Waals surface area contributed by atoms with Crippen LogP contribution in [-0.2, 0) is 13.1 Å². The second-order valence-electron chi connectivity index (χ2n) is 5.21. The minimum absolute atomic E-state index is 0.0171. The van der Waals surface area contributed by atoms with Crippen LogP contribution in [0, 0.1) is 0 Å². The predicted molar refractivity (Wildman–Crippen MR) is 78.4 cm³/mol. The van der Waals surface area contributed by atoms with Crippen LogP contribution in [-0.4, -0.2) is 35.1 Å². The van der Waals surface area contributed by atoms with Crippen LogP contribution in [0.1, 0.15) is 21.6 Å². The van der Waals surface area contributed by atoms with Gasteiger partial charge in [0.05, 0.1) is 7.11 Å². The van der Waals surface area contributed by atoms with Crippen LogP contribution in [0.15, 0.2) is 30.3 Å². The summed E-state index contributed by atoms with van der Waals surface area (Å²) in [6.07, 6.45) is 0. The molecule has 3 rings (SSSR count). The molecule has 0 atom stereocenters. The lowest BCUT2D eigenvalue weighted by atomic mass is 10.0. The molecule has 1 aliphatic heterocycles. The third kappa shape index (κ3) is 2.48. The van der Waals surface area contributed by atoms with Crippen LogP contribution < -0.4 is 4.74 Å². The highest BCUT2D eigenvalue weighted by molar-refractivity contribution is 5.86. The number of carboxylic acids is 1. The largest absolute Gasteiger partial charge is 0.494 e. The van der Waals surface area contributed by atoms with Crippen molar-refractivity contribution in [3.63, 3.8) is 0 Å². The summed E-state index contributed by atoms with van der Waals surface area (Å²) in [5, 5.41) is 9.10. The molecule has 1 aliphatic rings. The van der Waals surface area contributed by atoms with Gasteiger partial charge < -0.3 is 9.84 Å². The summed E-state index contributed by atoms with van der Waals surface area (Å²) in [6.45, 7) is 1.83. The molecule has 0 saturated carbocycles. The number of carboxylic acid groups (broad SMARTS) is 1. The summed E-state index contributed by atoms with van der Waals surface area (Å²) in [6, 6.07) is 9.20. The number of aromatic carboxylic acids is 1. The molecule has 0 aliphatic carbocycles.